The van der Waals surface area contributed by atoms with Crippen molar-refractivity contribution in [3.8, 4) is 44.6 Å². The smallest absolute Gasteiger partial charge is 0.145 e. The lowest BCUT2D eigenvalue weighted by molar-refractivity contribution is 0.670. The lowest BCUT2D eigenvalue weighted by Gasteiger charge is -2.11. The van der Waals surface area contributed by atoms with Gasteiger partial charge in [-0.25, -0.2) is 0 Å². The van der Waals surface area contributed by atoms with Crippen LogP contribution >= 0.6 is 0 Å². The summed E-state index contributed by atoms with van der Waals surface area (Å²) in [5.41, 5.74) is 10.0. The quantitative estimate of drug-likeness (QED) is 0.209. The van der Waals surface area contributed by atoms with E-state index in [0.29, 0.717) is 0 Å². The molecule has 0 amide bonds. The highest BCUT2D eigenvalue weighted by atomic mass is 16.3. The van der Waals surface area contributed by atoms with Crippen LogP contribution in [0, 0.1) is 0 Å². The van der Waals surface area contributed by atoms with E-state index in [-0.39, 0.29) is 0 Å². The molecule has 0 saturated carbocycles. The standard InChI is InChI=1S/C41H25N3O/c1-3-11-34-26(7-1)14-16-38-39(34)40-35-12-4-2-8-27(35)22-36(41(40)45-38)37-15-13-30(25-44-37)33-20-31(28-9-5-17-42-23-28)19-32(21-33)29-10-6-18-43-24-29/h1-25H. The Morgan fingerprint density at radius 1 is 0.444 bits per heavy atom. The van der Waals surface area contributed by atoms with E-state index in [1.807, 2.05) is 30.7 Å². The molecular formula is C41H25N3O. The normalized spacial score (nSPS) is 11.6. The molecule has 0 unspecified atom stereocenters. The molecule has 0 aliphatic heterocycles. The van der Waals surface area contributed by atoms with E-state index in [0.717, 1.165) is 72.0 Å². The predicted molar refractivity (Wildman–Crippen MR) is 184 cm³/mol. The number of aromatic nitrogens is 3. The fourth-order valence-electron chi connectivity index (χ4n) is 6.50. The fraction of sp³-hybridized carbons (Fsp3) is 0. The van der Waals surface area contributed by atoms with Crippen LogP contribution in [0.1, 0.15) is 0 Å². The van der Waals surface area contributed by atoms with E-state index in [1.165, 1.54) is 16.2 Å². The van der Waals surface area contributed by atoms with Crippen molar-refractivity contribution in [1.29, 1.82) is 0 Å². The van der Waals surface area contributed by atoms with Crippen molar-refractivity contribution in [2.24, 2.45) is 0 Å². The molecule has 0 radical (unpaired) electrons. The Kier molecular flexibility index (Phi) is 5.78. The highest BCUT2D eigenvalue weighted by Gasteiger charge is 2.19. The predicted octanol–water partition coefficient (Wildman–Crippen LogP) is 10.7. The number of fused-ring (bicyclic) bond motifs is 7. The maximum absolute atomic E-state index is 6.65. The van der Waals surface area contributed by atoms with Crippen LogP contribution in [0.3, 0.4) is 0 Å². The van der Waals surface area contributed by atoms with Crippen molar-refractivity contribution in [2.75, 3.05) is 0 Å². The third kappa shape index (κ3) is 4.27. The number of pyridine rings is 3. The second-order valence-corrected chi connectivity index (χ2v) is 11.3. The molecule has 5 aromatic carbocycles. The van der Waals surface area contributed by atoms with Crippen LogP contribution in [0.15, 0.2) is 157 Å². The van der Waals surface area contributed by atoms with Gasteiger partial charge in [0.25, 0.3) is 0 Å². The van der Waals surface area contributed by atoms with Gasteiger partial charge in [-0.15, -0.1) is 0 Å². The summed E-state index contributed by atoms with van der Waals surface area (Å²) in [5, 5.41) is 7.00. The number of nitrogens with zero attached hydrogens (tertiary/aromatic N) is 3. The molecule has 4 nitrogen and oxygen atoms in total. The molecule has 9 aromatic rings. The molecule has 4 aromatic heterocycles. The number of hydrogen-bond acceptors (Lipinski definition) is 4. The van der Waals surface area contributed by atoms with Gasteiger partial charge in [-0.2, -0.15) is 0 Å². The third-order valence-corrected chi connectivity index (χ3v) is 8.65. The summed E-state index contributed by atoms with van der Waals surface area (Å²) >= 11 is 0. The monoisotopic (exact) mass is 575 g/mol. The Balaban J connectivity index is 1.22. The first-order chi connectivity index (χ1) is 22.3. The van der Waals surface area contributed by atoms with Crippen molar-refractivity contribution in [3.05, 3.63) is 152 Å². The highest BCUT2D eigenvalue weighted by molar-refractivity contribution is 6.28. The Hall–Kier alpha value is -6.13. The van der Waals surface area contributed by atoms with Gasteiger partial charge in [0.05, 0.1) is 5.69 Å². The number of benzene rings is 5. The van der Waals surface area contributed by atoms with Gasteiger partial charge in [0.2, 0.25) is 0 Å². The maximum Gasteiger partial charge on any atom is 0.145 e. The van der Waals surface area contributed by atoms with Gasteiger partial charge >= 0.3 is 0 Å². The Labute approximate surface area is 259 Å². The summed E-state index contributed by atoms with van der Waals surface area (Å²) in [6.45, 7) is 0. The van der Waals surface area contributed by atoms with E-state index in [2.05, 4.69) is 119 Å². The summed E-state index contributed by atoms with van der Waals surface area (Å²) < 4.78 is 6.65. The van der Waals surface area contributed by atoms with E-state index in [1.54, 1.807) is 12.4 Å². The minimum absolute atomic E-state index is 0.859. The molecule has 0 fully saturated rings. The van der Waals surface area contributed by atoms with Gasteiger partial charge in [-0.1, -0.05) is 72.8 Å². The highest BCUT2D eigenvalue weighted by Crippen LogP contribution is 2.43. The molecule has 0 aliphatic rings. The number of furan rings is 1. The van der Waals surface area contributed by atoms with Crippen molar-refractivity contribution < 1.29 is 4.42 Å². The fourth-order valence-corrected chi connectivity index (χ4v) is 6.50. The first-order valence-electron chi connectivity index (χ1n) is 15.0. The molecule has 4 heteroatoms. The molecular weight excluding hydrogens is 550 g/mol. The van der Waals surface area contributed by atoms with Gasteiger partial charge in [0.15, 0.2) is 0 Å². The first kappa shape index (κ1) is 25.4. The van der Waals surface area contributed by atoms with Crippen molar-refractivity contribution in [3.63, 3.8) is 0 Å². The summed E-state index contributed by atoms with van der Waals surface area (Å²) in [5.74, 6) is 0. The Bertz CT molecular complexity index is 2460. The van der Waals surface area contributed by atoms with Crippen LogP contribution < -0.4 is 0 Å². The molecule has 0 saturated heterocycles. The number of rotatable bonds is 4. The van der Waals surface area contributed by atoms with Crippen LogP contribution in [0.2, 0.25) is 0 Å². The van der Waals surface area contributed by atoms with Crippen LogP contribution in [-0.4, -0.2) is 15.0 Å². The molecule has 0 bridgehead atoms. The second kappa shape index (κ2) is 10.2. The number of hydrogen-bond donors (Lipinski definition) is 0. The summed E-state index contributed by atoms with van der Waals surface area (Å²) in [6.07, 6.45) is 9.35. The van der Waals surface area contributed by atoms with Gasteiger partial charge < -0.3 is 4.42 Å². The molecule has 4 heterocycles. The maximum atomic E-state index is 6.65. The Morgan fingerprint density at radius 3 is 1.69 bits per heavy atom. The third-order valence-electron chi connectivity index (χ3n) is 8.65. The summed E-state index contributed by atoms with van der Waals surface area (Å²) in [4.78, 5) is 13.7. The van der Waals surface area contributed by atoms with Gasteiger partial charge in [0, 0.05) is 64.0 Å². The average Bonchev–Trinajstić information content (AvgIpc) is 3.53. The van der Waals surface area contributed by atoms with E-state index in [4.69, 9.17) is 9.40 Å². The lowest BCUT2D eigenvalue weighted by Crippen LogP contribution is -1.89. The molecule has 9 rings (SSSR count). The van der Waals surface area contributed by atoms with Gasteiger partial charge in [0.1, 0.15) is 11.2 Å². The van der Waals surface area contributed by atoms with Gasteiger partial charge in [-0.05, 0) is 86.8 Å². The van der Waals surface area contributed by atoms with Crippen LogP contribution in [0.5, 0.6) is 0 Å². The minimum atomic E-state index is 0.859. The SMILES string of the molecule is c1cncc(-c2cc(-c3cccnc3)cc(-c3ccc(-c4cc5ccccc5c5c4oc4ccc6ccccc6c45)nc3)c2)c1. The molecule has 0 N–H and O–H groups in total. The zero-order valence-corrected chi connectivity index (χ0v) is 24.2. The van der Waals surface area contributed by atoms with Crippen LogP contribution in [-0.2, 0) is 0 Å². The molecule has 0 atom stereocenters. The molecule has 0 spiro atoms. The van der Waals surface area contributed by atoms with Crippen LogP contribution in [0.25, 0.3) is 88.1 Å². The van der Waals surface area contributed by atoms with E-state index < -0.39 is 0 Å². The average molecular weight is 576 g/mol. The van der Waals surface area contributed by atoms with Crippen LogP contribution in [0.4, 0.5) is 0 Å². The topological polar surface area (TPSA) is 51.8 Å². The molecule has 0 aliphatic carbocycles. The van der Waals surface area contributed by atoms with E-state index in [9.17, 15) is 0 Å². The summed E-state index contributed by atoms with van der Waals surface area (Å²) in [6, 6.07) is 42.4. The van der Waals surface area contributed by atoms with Crippen molar-refractivity contribution in [2.45, 2.75) is 0 Å². The second-order valence-electron chi connectivity index (χ2n) is 11.3. The first-order valence-corrected chi connectivity index (χ1v) is 15.0. The lowest BCUT2D eigenvalue weighted by atomic mass is 9.94. The molecule has 45 heavy (non-hydrogen) atoms. The zero-order chi connectivity index (χ0) is 29.7. The summed E-state index contributed by atoms with van der Waals surface area (Å²) in [7, 11) is 0. The minimum Gasteiger partial charge on any atom is -0.455 e. The van der Waals surface area contributed by atoms with Gasteiger partial charge in [-0.3, -0.25) is 15.0 Å². The Morgan fingerprint density at radius 2 is 1.07 bits per heavy atom. The van der Waals surface area contributed by atoms with E-state index >= 15 is 0 Å². The molecule has 210 valence electrons. The largest absolute Gasteiger partial charge is 0.455 e. The van der Waals surface area contributed by atoms with Crippen molar-refractivity contribution in [1.82, 2.24) is 15.0 Å². The van der Waals surface area contributed by atoms with Crippen molar-refractivity contribution >= 4 is 43.5 Å². The zero-order valence-electron chi connectivity index (χ0n) is 24.2.